The van der Waals surface area contributed by atoms with Gasteiger partial charge in [-0.2, -0.15) is 0 Å². The van der Waals surface area contributed by atoms with E-state index in [1.54, 1.807) is 0 Å². The molecule has 0 aromatic carbocycles. The van der Waals surface area contributed by atoms with E-state index in [4.69, 9.17) is 9.73 Å². The molecule has 1 saturated heterocycles. The molecule has 1 aliphatic heterocycles. The van der Waals surface area contributed by atoms with Crippen LogP contribution in [0.25, 0.3) is 0 Å². The molecule has 0 aromatic heterocycles. The molecule has 0 amide bonds. The quantitative estimate of drug-likeness (QED) is 0.309. The molecule has 1 atom stereocenters. The molecule has 1 aliphatic rings. The lowest BCUT2D eigenvalue weighted by atomic mass is 9.89. The Morgan fingerprint density at radius 1 is 1.16 bits per heavy atom. The molecular weight excluding hydrogens is 427 g/mol. The molecule has 1 rings (SSSR count). The second-order valence-corrected chi connectivity index (χ2v) is 7.80. The highest BCUT2D eigenvalue weighted by atomic mass is 127. The lowest BCUT2D eigenvalue weighted by molar-refractivity contribution is -0.00255. The van der Waals surface area contributed by atoms with Gasteiger partial charge in [0, 0.05) is 31.3 Å². The van der Waals surface area contributed by atoms with E-state index < -0.39 is 0 Å². The Labute approximate surface area is 172 Å². The van der Waals surface area contributed by atoms with E-state index in [-0.39, 0.29) is 29.5 Å². The van der Waals surface area contributed by atoms with Gasteiger partial charge >= 0.3 is 0 Å². The molecule has 2 N–H and O–H groups in total. The van der Waals surface area contributed by atoms with Crippen LogP contribution in [0.15, 0.2) is 4.99 Å². The zero-order valence-electron chi connectivity index (χ0n) is 17.2. The van der Waals surface area contributed by atoms with E-state index in [1.807, 2.05) is 0 Å². The van der Waals surface area contributed by atoms with Crippen LogP contribution in [-0.2, 0) is 4.74 Å². The van der Waals surface area contributed by atoms with E-state index in [9.17, 15) is 0 Å². The SMILES string of the molecule is CCNC(=NCC1(N(C)C)CCOCC1)NC(C)CCCC(C)C.I. The summed E-state index contributed by atoms with van der Waals surface area (Å²) in [6.07, 6.45) is 5.85. The van der Waals surface area contributed by atoms with Crippen LogP contribution in [0.4, 0.5) is 0 Å². The third-order valence-electron chi connectivity index (χ3n) is 5.05. The molecule has 0 saturated carbocycles. The highest BCUT2D eigenvalue weighted by Crippen LogP contribution is 2.26. The molecule has 25 heavy (non-hydrogen) atoms. The Morgan fingerprint density at radius 3 is 2.32 bits per heavy atom. The fraction of sp³-hybridized carbons (Fsp3) is 0.947. The van der Waals surface area contributed by atoms with Crippen molar-refractivity contribution in [3.8, 4) is 0 Å². The predicted octanol–water partition coefficient (Wildman–Crippen LogP) is 3.49. The van der Waals surface area contributed by atoms with Crippen molar-refractivity contribution in [2.45, 2.75) is 71.4 Å². The van der Waals surface area contributed by atoms with Crippen LogP contribution in [0.5, 0.6) is 0 Å². The molecule has 0 spiro atoms. The van der Waals surface area contributed by atoms with E-state index >= 15 is 0 Å². The minimum atomic E-state index is 0. The minimum Gasteiger partial charge on any atom is -0.381 e. The van der Waals surface area contributed by atoms with Gasteiger partial charge < -0.3 is 20.3 Å². The third kappa shape index (κ3) is 9.43. The number of nitrogens with zero attached hydrogens (tertiary/aromatic N) is 2. The first-order valence-electron chi connectivity index (χ1n) is 9.69. The molecule has 6 heteroatoms. The van der Waals surface area contributed by atoms with Gasteiger partial charge in [-0.25, -0.2) is 0 Å². The van der Waals surface area contributed by atoms with Crippen LogP contribution >= 0.6 is 24.0 Å². The van der Waals surface area contributed by atoms with Crippen LogP contribution in [0.3, 0.4) is 0 Å². The first kappa shape index (κ1) is 24.9. The summed E-state index contributed by atoms with van der Waals surface area (Å²) < 4.78 is 5.55. The number of ether oxygens (including phenoxy) is 1. The molecule has 0 aromatic rings. The van der Waals surface area contributed by atoms with Crippen molar-refractivity contribution in [2.75, 3.05) is 40.4 Å². The standard InChI is InChI=1S/C19H40N4O.HI/c1-7-20-18(22-17(4)10-8-9-16(2)3)21-15-19(23(5)6)11-13-24-14-12-19;/h16-17H,7-15H2,1-6H3,(H2,20,21,22);1H. The number of rotatable bonds is 9. The summed E-state index contributed by atoms with van der Waals surface area (Å²) in [6.45, 7) is 12.3. The Morgan fingerprint density at radius 2 is 1.80 bits per heavy atom. The Bertz CT molecular complexity index is 368. The summed E-state index contributed by atoms with van der Waals surface area (Å²) in [4.78, 5) is 7.24. The van der Waals surface area contributed by atoms with Gasteiger partial charge in [0.1, 0.15) is 0 Å². The Hall–Kier alpha value is -0.0800. The molecule has 5 nitrogen and oxygen atoms in total. The van der Waals surface area contributed by atoms with Gasteiger partial charge in [0.25, 0.3) is 0 Å². The molecule has 1 unspecified atom stereocenters. The van der Waals surface area contributed by atoms with Gasteiger partial charge in [-0.3, -0.25) is 4.99 Å². The van der Waals surface area contributed by atoms with Crippen molar-refractivity contribution in [1.82, 2.24) is 15.5 Å². The van der Waals surface area contributed by atoms with Crippen LogP contribution in [0, 0.1) is 5.92 Å². The number of guanidine groups is 1. The second kappa shape index (κ2) is 13.1. The molecule has 0 bridgehead atoms. The number of halogens is 1. The number of nitrogens with one attached hydrogen (secondary N) is 2. The van der Waals surface area contributed by atoms with E-state index in [0.29, 0.717) is 6.04 Å². The monoisotopic (exact) mass is 468 g/mol. The fourth-order valence-electron chi connectivity index (χ4n) is 3.18. The summed E-state index contributed by atoms with van der Waals surface area (Å²) in [5.74, 6) is 1.73. The lowest BCUT2D eigenvalue weighted by Gasteiger charge is -2.41. The summed E-state index contributed by atoms with van der Waals surface area (Å²) in [7, 11) is 4.32. The maximum Gasteiger partial charge on any atom is 0.191 e. The first-order valence-corrected chi connectivity index (χ1v) is 9.69. The van der Waals surface area contributed by atoms with Crippen molar-refractivity contribution in [3.63, 3.8) is 0 Å². The van der Waals surface area contributed by atoms with Gasteiger partial charge in [0.05, 0.1) is 6.54 Å². The van der Waals surface area contributed by atoms with E-state index in [0.717, 1.165) is 51.0 Å². The van der Waals surface area contributed by atoms with Gasteiger partial charge in [-0.1, -0.05) is 26.7 Å². The van der Waals surface area contributed by atoms with Crippen molar-refractivity contribution in [3.05, 3.63) is 0 Å². The van der Waals surface area contributed by atoms with Crippen LogP contribution in [0.2, 0.25) is 0 Å². The normalized spacial score (nSPS) is 18.8. The zero-order valence-corrected chi connectivity index (χ0v) is 19.6. The summed E-state index contributed by atoms with van der Waals surface area (Å²) in [6, 6.07) is 0.451. The highest BCUT2D eigenvalue weighted by Gasteiger charge is 2.34. The van der Waals surface area contributed by atoms with Crippen LogP contribution in [0.1, 0.15) is 59.8 Å². The Kier molecular flexibility index (Phi) is 13.1. The van der Waals surface area contributed by atoms with Crippen molar-refractivity contribution in [1.29, 1.82) is 0 Å². The second-order valence-electron chi connectivity index (χ2n) is 7.80. The maximum absolute atomic E-state index is 5.55. The van der Waals surface area contributed by atoms with Crippen LogP contribution < -0.4 is 10.6 Å². The molecular formula is C19H41IN4O. The summed E-state index contributed by atoms with van der Waals surface area (Å²) in [5.41, 5.74) is 0.126. The average molecular weight is 468 g/mol. The third-order valence-corrected chi connectivity index (χ3v) is 5.05. The highest BCUT2D eigenvalue weighted by molar-refractivity contribution is 14.0. The summed E-state index contributed by atoms with van der Waals surface area (Å²) >= 11 is 0. The number of hydrogen-bond acceptors (Lipinski definition) is 3. The number of aliphatic imine (C=N–C) groups is 1. The van der Waals surface area contributed by atoms with E-state index in [1.165, 1.54) is 19.3 Å². The zero-order chi connectivity index (χ0) is 18.0. The van der Waals surface area contributed by atoms with Gasteiger partial charge in [-0.05, 0) is 53.1 Å². The number of hydrogen-bond donors (Lipinski definition) is 2. The molecule has 0 aliphatic carbocycles. The van der Waals surface area contributed by atoms with E-state index in [2.05, 4.69) is 57.3 Å². The minimum absolute atomic E-state index is 0. The van der Waals surface area contributed by atoms with Gasteiger partial charge in [-0.15, -0.1) is 24.0 Å². The summed E-state index contributed by atoms with van der Waals surface area (Å²) in [5, 5.41) is 6.97. The van der Waals surface area contributed by atoms with Crippen molar-refractivity contribution < 1.29 is 4.74 Å². The van der Waals surface area contributed by atoms with Crippen LogP contribution in [-0.4, -0.2) is 62.8 Å². The number of likely N-dealkylation sites (N-methyl/N-ethyl adjacent to an activating group) is 1. The van der Waals surface area contributed by atoms with Gasteiger partial charge in [0.2, 0.25) is 0 Å². The molecule has 1 fully saturated rings. The topological polar surface area (TPSA) is 48.9 Å². The average Bonchev–Trinajstić information content (AvgIpc) is 2.53. The largest absolute Gasteiger partial charge is 0.381 e. The fourth-order valence-corrected chi connectivity index (χ4v) is 3.18. The predicted molar refractivity (Wildman–Crippen MR) is 119 cm³/mol. The van der Waals surface area contributed by atoms with Crippen molar-refractivity contribution in [2.24, 2.45) is 10.9 Å². The lowest BCUT2D eigenvalue weighted by Crippen LogP contribution is -2.52. The molecule has 0 radical (unpaired) electrons. The first-order chi connectivity index (χ1) is 11.4. The maximum atomic E-state index is 5.55. The Balaban J connectivity index is 0.00000576. The van der Waals surface area contributed by atoms with Crippen molar-refractivity contribution >= 4 is 29.9 Å². The smallest absolute Gasteiger partial charge is 0.191 e. The molecule has 150 valence electrons. The molecule has 1 heterocycles. The van der Waals surface area contributed by atoms with Gasteiger partial charge in [0.15, 0.2) is 5.96 Å².